The van der Waals surface area contributed by atoms with E-state index in [1.165, 1.54) is 12.1 Å². The predicted molar refractivity (Wildman–Crippen MR) is 80.8 cm³/mol. The molecule has 0 saturated carbocycles. The van der Waals surface area contributed by atoms with Crippen LogP contribution in [0.5, 0.6) is 0 Å². The van der Waals surface area contributed by atoms with Gasteiger partial charge in [-0.3, -0.25) is 9.78 Å². The molecule has 1 atom stereocenters. The number of nitrogens with zero attached hydrogens (tertiary/aromatic N) is 1. The molecular formula is C17H17F3N2O. The average molecular weight is 322 g/mol. The van der Waals surface area contributed by atoms with Gasteiger partial charge in [0.05, 0.1) is 12.0 Å². The third kappa shape index (κ3) is 5.09. The van der Waals surface area contributed by atoms with Crippen molar-refractivity contribution in [3.8, 4) is 0 Å². The highest BCUT2D eigenvalue weighted by atomic mass is 19.4. The summed E-state index contributed by atoms with van der Waals surface area (Å²) >= 11 is 0. The van der Waals surface area contributed by atoms with Gasteiger partial charge in [-0.05, 0) is 35.2 Å². The van der Waals surface area contributed by atoms with Gasteiger partial charge in [0.1, 0.15) is 0 Å². The lowest BCUT2D eigenvalue weighted by molar-refractivity contribution is -0.137. The monoisotopic (exact) mass is 322 g/mol. The van der Waals surface area contributed by atoms with Crippen LogP contribution in [0.1, 0.15) is 29.5 Å². The van der Waals surface area contributed by atoms with Crippen molar-refractivity contribution in [2.24, 2.45) is 0 Å². The summed E-state index contributed by atoms with van der Waals surface area (Å²) in [5.74, 6) is -0.200. The van der Waals surface area contributed by atoms with Crippen LogP contribution in [0, 0.1) is 0 Å². The van der Waals surface area contributed by atoms with Gasteiger partial charge in [-0.25, -0.2) is 0 Å². The van der Waals surface area contributed by atoms with Crippen LogP contribution in [0.4, 0.5) is 13.2 Å². The minimum atomic E-state index is -4.40. The van der Waals surface area contributed by atoms with Crippen LogP contribution in [-0.2, 0) is 17.4 Å². The summed E-state index contributed by atoms with van der Waals surface area (Å²) in [5, 5.41) is 2.75. The maximum absolute atomic E-state index is 12.6. The number of carbonyl (C=O) groups excluding carboxylic acids is 1. The van der Waals surface area contributed by atoms with E-state index in [1.807, 2.05) is 19.1 Å². The summed E-state index contributed by atoms with van der Waals surface area (Å²) in [4.78, 5) is 15.8. The second-order valence-corrected chi connectivity index (χ2v) is 5.36. The van der Waals surface area contributed by atoms with Gasteiger partial charge in [-0.2, -0.15) is 13.2 Å². The molecule has 2 rings (SSSR count). The molecule has 6 heteroatoms. The number of amides is 1. The van der Waals surface area contributed by atoms with Crippen LogP contribution < -0.4 is 5.32 Å². The van der Waals surface area contributed by atoms with E-state index in [-0.39, 0.29) is 18.2 Å². The zero-order valence-corrected chi connectivity index (χ0v) is 12.6. The topological polar surface area (TPSA) is 42.0 Å². The number of aromatic nitrogens is 1. The highest BCUT2D eigenvalue weighted by Gasteiger charge is 2.30. The standard InChI is InChI=1S/C17H17F3N2O/c1-12(14-5-7-21-8-6-14)11-22-16(23)10-13-3-2-4-15(9-13)17(18,19)20/h2-9,12H,10-11H2,1H3,(H,22,23)/t12-/m0/s1. The molecule has 1 aromatic heterocycles. The quantitative estimate of drug-likeness (QED) is 0.914. The molecule has 1 heterocycles. The fourth-order valence-electron chi connectivity index (χ4n) is 2.18. The van der Waals surface area contributed by atoms with Gasteiger partial charge < -0.3 is 5.32 Å². The zero-order chi connectivity index (χ0) is 16.9. The molecule has 2 aromatic rings. The second-order valence-electron chi connectivity index (χ2n) is 5.36. The number of halogens is 3. The first-order chi connectivity index (χ1) is 10.9. The molecule has 23 heavy (non-hydrogen) atoms. The summed E-state index contributed by atoms with van der Waals surface area (Å²) in [7, 11) is 0. The summed E-state index contributed by atoms with van der Waals surface area (Å²) in [6.07, 6.45) is -1.12. The lowest BCUT2D eigenvalue weighted by Gasteiger charge is -2.13. The summed E-state index contributed by atoms with van der Waals surface area (Å²) in [5.41, 5.74) is 0.640. The van der Waals surface area contributed by atoms with Crippen molar-refractivity contribution in [2.75, 3.05) is 6.54 Å². The van der Waals surface area contributed by atoms with Gasteiger partial charge in [-0.1, -0.05) is 25.1 Å². The molecule has 3 nitrogen and oxygen atoms in total. The van der Waals surface area contributed by atoms with E-state index in [0.29, 0.717) is 12.1 Å². The van der Waals surface area contributed by atoms with Gasteiger partial charge in [-0.15, -0.1) is 0 Å². The Morgan fingerprint density at radius 1 is 1.22 bits per heavy atom. The van der Waals surface area contributed by atoms with Gasteiger partial charge >= 0.3 is 6.18 Å². The van der Waals surface area contributed by atoms with Crippen molar-refractivity contribution in [3.05, 3.63) is 65.5 Å². The number of nitrogens with one attached hydrogen (secondary N) is 1. The van der Waals surface area contributed by atoms with Crippen molar-refractivity contribution < 1.29 is 18.0 Å². The Morgan fingerprint density at radius 3 is 2.57 bits per heavy atom. The number of carbonyl (C=O) groups is 1. The molecule has 0 aliphatic carbocycles. The van der Waals surface area contributed by atoms with E-state index < -0.39 is 11.7 Å². The third-order valence-corrected chi connectivity index (χ3v) is 3.50. The summed E-state index contributed by atoms with van der Waals surface area (Å²) < 4.78 is 37.9. The number of pyridine rings is 1. The molecule has 0 bridgehead atoms. The number of benzene rings is 1. The third-order valence-electron chi connectivity index (χ3n) is 3.50. The fourth-order valence-corrected chi connectivity index (χ4v) is 2.18. The van der Waals surface area contributed by atoms with Crippen molar-refractivity contribution in [3.63, 3.8) is 0 Å². The van der Waals surface area contributed by atoms with E-state index >= 15 is 0 Å². The predicted octanol–water partition coefficient (Wildman–Crippen LogP) is 3.56. The lowest BCUT2D eigenvalue weighted by Crippen LogP contribution is -2.29. The van der Waals surface area contributed by atoms with Gasteiger partial charge in [0.15, 0.2) is 0 Å². The van der Waals surface area contributed by atoms with Gasteiger partial charge in [0, 0.05) is 18.9 Å². The van der Waals surface area contributed by atoms with Crippen LogP contribution >= 0.6 is 0 Å². The van der Waals surface area contributed by atoms with Crippen LogP contribution in [0.25, 0.3) is 0 Å². The molecule has 0 fully saturated rings. The van der Waals surface area contributed by atoms with E-state index in [0.717, 1.165) is 17.7 Å². The normalized spacial score (nSPS) is 12.7. The first-order valence-electron chi connectivity index (χ1n) is 7.19. The molecule has 0 aliphatic heterocycles. The van der Waals surface area contributed by atoms with Crippen molar-refractivity contribution >= 4 is 5.91 Å². The summed E-state index contributed by atoms with van der Waals surface area (Å²) in [6, 6.07) is 8.55. The fraction of sp³-hybridized carbons (Fsp3) is 0.294. The van der Waals surface area contributed by atoms with E-state index in [4.69, 9.17) is 0 Å². The van der Waals surface area contributed by atoms with Gasteiger partial charge in [0.25, 0.3) is 0 Å². The first kappa shape index (κ1) is 17.0. The van der Waals surface area contributed by atoms with Crippen LogP contribution in [0.2, 0.25) is 0 Å². The minimum absolute atomic E-state index is 0.0764. The minimum Gasteiger partial charge on any atom is -0.355 e. The number of rotatable bonds is 5. The summed E-state index contributed by atoms with van der Waals surface area (Å²) in [6.45, 7) is 2.38. The zero-order valence-electron chi connectivity index (χ0n) is 12.6. The molecule has 0 aliphatic rings. The molecule has 0 radical (unpaired) electrons. The van der Waals surface area contributed by atoms with Crippen molar-refractivity contribution in [1.29, 1.82) is 0 Å². The number of hydrogen-bond acceptors (Lipinski definition) is 2. The van der Waals surface area contributed by atoms with Gasteiger partial charge in [0.2, 0.25) is 5.91 Å². The first-order valence-corrected chi connectivity index (χ1v) is 7.19. The molecule has 0 unspecified atom stereocenters. The Hall–Kier alpha value is -2.37. The molecule has 1 amide bonds. The molecular weight excluding hydrogens is 305 g/mol. The van der Waals surface area contributed by atoms with Crippen LogP contribution in [0.15, 0.2) is 48.8 Å². The van der Waals surface area contributed by atoms with Crippen molar-refractivity contribution in [1.82, 2.24) is 10.3 Å². The van der Waals surface area contributed by atoms with E-state index in [9.17, 15) is 18.0 Å². The van der Waals surface area contributed by atoms with Crippen LogP contribution in [0.3, 0.4) is 0 Å². The Morgan fingerprint density at radius 2 is 1.91 bits per heavy atom. The van der Waals surface area contributed by atoms with E-state index in [2.05, 4.69) is 10.3 Å². The maximum atomic E-state index is 12.6. The maximum Gasteiger partial charge on any atom is 0.416 e. The smallest absolute Gasteiger partial charge is 0.355 e. The highest BCUT2D eigenvalue weighted by Crippen LogP contribution is 2.29. The molecule has 1 aromatic carbocycles. The Bertz CT molecular complexity index is 656. The molecule has 0 spiro atoms. The van der Waals surface area contributed by atoms with Crippen molar-refractivity contribution in [2.45, 2.75) is 25.4 Å². The SMILES string of the molecule is C[C@@H](CNC(=O)Cc1cccc(C(F)(F)F)c1)c1ccncc1. The second kappa shape index (κ2) is 7.26. The highest BCUT2D eigenvalue weighted by molar-refractivity contribution is 5.78. The average Bonchev–Trinajstić information content (AvgIpc) is 2.53. The molecule has 1 N–H and O–H groups in total. The molecule has 0 saturated heterocycles. The largest absolute Gasteiger partial charge is 0.416 e. The Kier molecular flexibility index (Phi) is 5.36. The number of hydrogen-bond donors (Lipinski definition) is 1. The lowest BCUT2D eigenvalue weighted by atomic mass is 10.0. The van der Waals surface area contributed by atoms with Crippen LogP contribution in [-0.4, -0.2) is 17.4 Å². The van der Waals surface area contributed by atoms with E-state index in [1.54, 1.807) is 12.4 Å². The Labute approximate surface area is 132 Å². The molecule has 122 valence electrons. The Balaban J connectivity index is 1.90. The number of alkyl halides is 3.